The lowest BCUT2D eigenvalue weighted by molar-refractivity contribution is -0.885. The molecule has 0 aliphatic rings. The van der Waals surface area contributed by atoms with Crippen LogP contribution in [0.4, 0.5) is 10.1 Å². The van der Waals surface area contributed by atoms with Gasteiger partial charge in [-0.05, 0) is 31.5 Å². The van der Waals surface area contributed by atoms with E-state index in [0.717, 1.165) is 17.0 Å². The molecule has 0 saturated heterocycles. The van der Waals surface area contributed by atoms with Crippen molar-refractivity contribution in [2.75, 3.05) is 18.9 Å². The van der Waals surface area contributed by atoms with Crippen molar-refractivity contribution in [2.24, 2.45) is 0 Å². The van der Waals surface area contributed by atoms with E-state index < -0.39 is 5.82 Å². The van der Waals surface area contributed by atoms with Crippen LogP contribution in [0.5, 0.6) is 0 Å². The summed E-state index contributed by atoms with van der Waals surface area (Å²) >= 11 is 0. The Morgan fingerprint density at radius 2 is 1.73 bits per heavy atom. The van der Waals surface area contributed by atoms with Gasteiger partial charge < -0.3 is 10.2 Å². The van der Waals surface area contributed by atoms with Crippen LogP contribution in [0.3, 0.4) is 0 Å². The highest BCUT2D eigenvalue weighted by Gasteiger charge is 2.12. The number of anilines is 1. The summed E-state index contributed by atoms with van der Waals surface area (Å²) in [7, 11) is 1.95. The standard InChI is InChI=1S/C18H21FN2O/c1-13-4-7-15(8-5-13)11-21(3)12-18(22)20-17-9-6-14(2)10-16(17)19/h4-10H,11-12H2,1-3H3,(H,20,22)/p+1. The van der Waals surface area contributed by atoms with Crippen molar-refractivity contribution < 1.29 is 14.1 Å². The van der Waals surface area contributed by atoms with Gasteiger partial charge in [0.05, 0.1) is 12.7 Å². The molecule has 3 nitrogen and oxygen atoms in total. The number of benzene rings is 2. The number of hydrogen-bond acceptors (Lipinski definition) is 1. The highest BCUT2D eigenvalue weighted by Crippen LogP contribution is 2.14. The lowest BCUT2D eigenvalue weighted by atomic mass is 10.1. The Labute approximate surface area is 130 Å². The maximum absolute atomic E-state index is 13.7. The van der Waals surface area contributed by atoms with Crippen LogP contribution in [0.15, 0.2) is 42.5 Å². The molecule has 0 fully saturated rings. The van der Waals surface area contributed by atoms with Crippen LogP contribution < -0.4 is 10.2 Å². The molecule has 0 bridgehead atoms. The lowest BCUT2D eigenvalue weighted by Crippen LogP contribution is -3.08. The van der Waals surface area contributed by atoms with Gasteiger partial charge in [0.25, 0.3) is 5.91 Å². The number of quaternary nitrogens is 1. The van der Waals surface area contributed by atoms with E-state index in [1.807, 2.05) is 20.9 Å². The Balaban J connectivity index is 1.89. The Bertz CT molecular complexity index is 653. The van der Waals surface area contributed by atoms with Crippen LogP contribution in [0.1, 0.15) is 16.7 Å². The summed E-state index contributed by atoms with van der Waals surface area (Å²) in [5.41, 5.74) is 3.46. The number of amides is 1. The van der Waals surface area contributed by atoms with Gasteiger partial charge in [0, 0.05) is 5.56 Å². The normalized spacial score (nSPS) is 12.0. The second-order valence-corrected chi connectivity index (χ2v) is 5.83. The van der Waals surface area contributed by atoms with Crippen molar-refractivity contribution in [3.63, 3.8) is 0 Å². The predicted molar refractivity (Wildman–Crippen MR) is 86.4 cm³/mol. The SMILES string of the molecule is Cc1ccc(C[NH+](C)CC(=O)Nc2ccc(C)cc2F)cc1. The van der Waals surface area contributed by atoms with Gasteiger partial charge in [0.2, 0.25) is 0 Å². The predicted octanol–water partition coefficient (Wildman–Crippen LogP) is 2.10. The minimum atomic E-state index is -0.399. The number of aryl methyl sites for hydroxylation is 2. The summed E-state index contributed by atoms with van der Waals surface area (Å²) < 4.78 is 13.7. The molecule has 4 heteroatoms. The quantitative estimate of drug-likeness (QED) is 0.871. The zero-order chi connectivity index (χ0) is 16.1. The van der Waals surface area contributed by atoms with Crippen LogP contribution >= 0.6 is 0 Å². The maximum Gasteiger partial charge on any atom is 0.279 e. The largest absolute Gasteiger partial charge is 0.326 e. The first-order valence-corrected chi connectivity index (χ1v) is 7.37. The number of carbonyl (C=O) groups excluding carboxylic acids is 1. The van der Waals surface area contributed by atoms with Crippen LogP contribution in [-0.2, 0) is 11.3 Å². The molecular weight excluding hydrogens is 279 g/mol. The number of likely N-dealkylation sites (N-methyl/N-ethyl adjacent to an activating group) is 1. The lowest BCUT2D eigenvalue weighted by Gasteiger charge is -2.14. The second kappa shape index (κ2) is 7.18. The maximum atomic E-state index is 13.7. The van der Waals surface area contributed by atoms with Gasteiger partial charge in [0.15, 0.2) is 6.54 Å². The number of carbonyl (C=O) groups is 1. The number of halogens is 1. The zero-order valence-corrected chi connectivity index (χ0v) is 13.2. The second-order valence-electron chi connectivity index (χ2n) is 5.83. The minimum absolute atomic E-state index is 0.188. The third-order valence-electron chi connectivity index (χ3n) is 3.49. The molecule has 1 amide bonds. The van der Waals surface area contributed by atoms with E-state index >= 15 is 0 Å². The first kappa shape index (κ1) is 16.2. The van der Waals surface area contributed by atoms with Crippen LogP contribution in [0.2, 0.25) is 0 Å². The molecule has 0 aliphatic carbocycles. The zero-order valence-electron chi connectivity index (χ0n) is 13.2. The molecule has 2 N–H and O–H groups in total. The van der Waals surface area contributed by atoms with Crippen molar-refractivity contribution in [3.05, 3.63) is 65.0 Å². The molecule has 2 aromatic carbocycles. The van der Waals surface area contributed by atoms with Gasteiger partial charge in [0.1, 0.15) is 12.4 Å². The molecule has 0 aliphatic heterocycles. The van der Waals surface area contributed by atoms with Gasteiger partial charge >= 0.3 is 0 Å². The molecule has 0 saturated carbocycles. The highest BCUT2D eigenvalue weighted by atomic mass is 19.1. The van der Waals surface area contributed by atoms with E-state index in [2.05, 4.69) is 29.6 Å². The minimum Gasteiger partial charge on any atom is -0.326 e. The fraction of sp³-hybridized carbons (Fsp3) is 0.278. The third-order valence-corrected chi connectivity index (χ3v) is 3.49. The molecule has 1 atom stereocenters. The smallest absolute Gasteiger partial charge is 0.279 e. The van der Waals surface area contributed by atoms with Crippen molar-refractivity contribution >= 4 is 11.6 Å². The topological polar surface area (TPSA) is 33.5 Å². The number of hydrogen-bond donors (Lipinski definition) is 2. The molecule has 2 rings (SSSR count). The van der Waals surface area contributed by atoms with Gasteiger partial charge in [-0.25, -0.2) is 4.39 Å². The van der Waals surface area contributed by atoms with Gasteiger partial charge in [-0.3, -0.25) is 4.79 Å². The third kappa shape index (κ3) is 4.67. The Morgan fingerprint density at radius 3 is 2.36 bits per heavy atom. The van der Waals surface area contributed by atoms with E-state index in [9.17, 15) is 9.18 Å². The van der Waals surface area contributed by atoms with Gasteiger partial charge in [-0.15, -0.1) is 0 Å². The van der Waals surface area contributed by atoms with E-state index in [1.165, 1.54) is 17.2 Å². The van der Waals surface area contributed by atoms with Crippen molar-refractivity contribution in [2.45, 2.75) is 20.4 Å². The molecule has 116 valence electrons. The van der Waals surface area contributed by atoms with E-state index in [0.29, 0.717) is 6.54 Å². The van der Waals surface area contributed by atoms with Crippen LogP contribution in [0, 0.1) is 19.7 Å². The first-order chi connectivity index (χ1) is 10.4. The van der Waals surface area contributed by atoms with Crippen molar-refractivity contribution in [1.29, 1.82) is 0 Å². The summed E-state index contributed by atoms with van der Waals surface area (Å²) in [6.45, 7) is 4.91. The number of rotatable bonds is 5. The van der Waals surface area contributed by atoms with Gasteiger partial charge in [-0.1, -0.05) is 35.9 Å². The Morgan fingerprint density at radius 1 is 1.09 bits per heavy atom. The Kier molecular flexibility index (Phi) is 5.28. The van der Waals surface area contributed by atoms with Gasteiger partial charge in [-0.2, -0.15) is 0 Å². The van der Waals surface area contributed by atoms with E-state index in [1.54, 1.807) is 12.1 Å². The van der Waals surface area contributed by atoms with E-state index in [-0.39, 0.29) is 11.6 Å². The Hall–Kier alpha value is -2.20. The molecule has 0 aromatic heterocycles. The molecule has 1 unspecified atom stereocenters. The summed E-state index contributed by atoms with van der Waals surface area (Å²) in [6.07, 6.45) is 0. The molecule has 22 heavy (non-hydrogen) atoms. The average molecular weight is 301 g/mol. The summed E-state index contributed by atoms with van der Waals surface area (Å²) in [4.78, 5) is 13.1. The molecule has 0 radical (unpaired) electrons. The molecule has 0 spiro atoms. The highest BCUT2D eigenvalue weighted by molar-refractivity contribution is 5.91. The monoisotopic (exact) mass is 301 g/mol. The average Bonchev–Trinajstić information content (AvgIpc) is 2.44. The summed E-state index contributed by atoms with van der Waals surface area (Å²) in [5.74, 6) is -0.586. The first-order valence-electron chi connectivity index (χ1n) is 7.37. The summed E-state index contributed by atoms with van der Waals surface area (Å²) in [6, 6.07) is 13.0. The molecule has 2 aromatic rings. The number of nitrogens with one attached hydrogen (secondary N) is 2. The van der Waals surface area contributed by atoms with Crippen LogP contribution in [0.25, 0.3) is 0 Å². The van der Waals surface area contributed by atoms with Crippen molar-refractivity contribution in [3.8, 4) is 0 Å². The summed E-state index contributed by atoms with van der Waals surface area (Å²) in [5, 5.41) is 2.63. The van der Waals surface area contributed by atoms with E-state index in [4.69, 9.17) is 0 Å². The van der Waals surface area contributed by atoms with Crippen molar-refractivity contribution in [1.82, 2.24) is 0 Å². The molecular formula is C18H22FN2O+. The fourth-order valence-electron chi connectivity index (χ4n) is 2.31. The fourth-order valence-corrected chi connectivity index (χ4v) is 2.31. The van der Waals surface area contributed by atoms with Crippen LogP contribution in [-0.4, -0.2) is 19.5 Å². The molecule has 0 heterocycles.